The predicted molar refractivity (Wildman–Crippen MR) is 136 cm³/mol. The van der Waals surface area contributed by atoms with Gasteiger partial charge in [0.2, 0.25) is 15.6 Å². The van der Waals surface area contributed by atoms with Crippen LogP contribution in [0.15, 0.2) is 77.9 Å². The lowest BCUT2D eigenvalue weighted by Crippen LogP contribution is -2.41. The molecule has 0 amide bonds. The Hall–Kier alpha value is -3.43. The Labute approximate surface area is 203 Å². The zero-order valence-corrected chi connectivity index (χ0v) is 20.2. The van der Waals surface area contributed by atoms with Gasteiger partial charge in [0, 0.05) is 43.0 Å². The number of hydrogen-bond acceptors (Lipinski definition) is 5. The molecule has 2 aliphatic rings. The van der Waals surface area contributed by atoms with Crippen LogP contribution in [0.25, 0.3) is 16.6 Å². The average molecular weight is 490 g/mol. The zero-order valence-electron chi connectivity index (χ0n) is 19.4. The number of aryl methyl sites for hydroxylation is 1. The molecule has 2 fully saturated rings. The lowest BCUT2D eigenvalue weighted by Gasteiger charge is -2.31. The third-order valence-electron chi connectivity index (χ3n) is 7.02. The highest BCUT2D eigenvalue weighted by atomic mass is 32.2. The number of anilines is 1. The number of nitrogens with zero attached hydrogens (tertiary/aromatic N) is 4. The molecule has 2 aromatic heterocycles. The summed E-state index contributed by atoms with van der Waals surface area (Å²) in [4.78, 5) is 14.1. The van der Waals surface area contributed by atoms with Gasteiger partial charge in [-0.2, -0.15) is 5.10 Å². The maximum atomic E-state index is 12.8. The first-order chi connectivity index (χ1) is 16.9. The van der Waals surface area contributed by atoms with Crippen LogP contribution in [0.5, 0.6) is 0 Å². The van der Waals surface area contributed by atoms with E-state index in [0.717, 1.165) is 53.6 Å². The fourth-order valence-corrected chi connectivity index (χ4v) is 6.68. The Morgan fingerprint density at radius 3 is 2.49 bits per heavy atom. The Kier molecular flexibility index (Phi) is 5.26. The van der Waals surface area contributed by atoms with Crippen LogP contribution in [0.4, 0.5) is 5.69 Å². The van der Waals surface area contributed by atoms with E-state index < -0.39 is 10.0 Å². The summed E-state index contributed by atoms with van der Waals surface area (Å²) in [5.74, 6) is 0. The van der Waals surface area contributed by atoms with E-state index in [2.05, 4.69) is 39.0 Å². The first kappa shape index (κ1) is 22.1. The molecular formula is C26H27N5O3S. The highest BCUT2D eigenvalue weighted by Crippen LogP contribution is 2.39. The maximum Gasteiger partial charge on any atom is 0.250 e. The molecule has 4 aromatic rings. The summed E-state index contributed by atoms with van der Waals surface area (Å²) in [7, 11) is -1.58. The van der Waals surface area contributed by atoms with Crippen molar-refractivity contribution in [3.05, 3.63) is 89.0 Å². The van der Waals surface area contributed by atoms with Gasteiger partial charge in [-0.05, 0) is 49.1 Å². The van der Waals surface area contributed by atoms with E-state index >= 15 is 0 Å². The van der Waals surface area contributed by atoms with E-state index in [1.165, 1.54) is 10.6 Å². The van der Waals surface area contributed by atoms with Gasteiger partial charge >= 0.3 is 0 Å². The van der Waals surface area contributed by atoms with Crippen LogP contribution in [-0.4, -0.2) is 40.6 Å². The molecule has 0 radical (unpaired) electrons. The first-order valence-corrected chi connectivity index (χ1v) is 13.4. The molecule has 8 nitrogen and oxygen atoms in total. The van der Waals surface area contributed by atoms with Gasteiger partial charge in [-0.3, -0.25) is 4.79 Å². The van der Waals surface area contributed by atoms with E-state index in [0.29, 0.717) is 0 Å². The molecule has 1 aliphatic carbocycles. The fraction of sp³-hybridized carbons (Fsp3) is 0.308. The van der Waals surface area contributed by atoms with Crippen molar-refractivity contribution in [2.75, 3.05) is 11.4 Å². The lowest BCUT2D eigenvalue weighted by atomic mass is 10.0. The summed E-state index contributed by atoms with van der Waals surface area (Å²) in [5.41, 5.74) is 3.80. The minimum absolute atomic E-state index is 0.0691. The second kappa shape index (κ2) is 8.35. The number of pyridine rings is 1. The SMILES string of the molecule is Cn1cc(-n2ncc3cc(N4CCC(NS(=O)(=O)C5CC5)C4c4ccccc4)ccc32)ccc1=O. The number of hydrogen-bond donors (Lipinski definition) is 1. The summed E-state index contributed by atoms with van der Waals surface area (Å²) in [5, 5.41) is 5.30. The van der Waals surface area contributed by atoms with Crippen LogP contribution in [-0.2, 0) is 17.1 Å². The Balaban J connectivity index is 1.36. The standard InChI is InChI=1S/C26H27N5O3S/c1-29-17-21(8-12-25(29)32)31-24-11-7-20(15-19(24)16-27-31)30-14-13-23(28-35(33,34)22-9-10-22)26(30)18-5-3-2-4-6-18/h2-8,11-12,15-17,22-23,26,28H,9-10,13-14H2,1H3. The second-order valence-electron chi connectivity index (χ2n) is 9.44. The highest BCUT2D eigenvalue weighted by Gasteiger charge is 2.42. The number of benzene rings is 2. The quantitative estimate of drug-likeness (QED) is 0.450. The molecule has 2 unspecified atom stereocenters. The third-order valence-corrected chi connectivity index (χ3v) is 9.00. The van der Waals surface area contributed by atoms with Gasteiger partial charge < -0.3 is 9.47 Å². The highest BCUT2D eigenvalue weighted by molar-refractivity contribution is 7.90. The van der Waals surface area contributed by atoms with Gasteiger partial charge in [0.05, 0.1) is 28.7 Å². The summed E-state index contributed by atoms with van der Waals surface area (Å²) < 4.78 is 31.9. The van der Waals surface area contributed by atoms with E-state index in [1.54, 1.807) is 19.3 Å². The molecule has 6 rings (SSSR count). The summed E-state index contributed by atoms with van der Waals surface area (Å²) in [6, 6.07) is 19.3. The molecule has 1 saturated carbocycles. The molecule has 1 aliphatic heterocycles. The molecule has 1 N–H and O–H groups in total. The number of sulfonamides is 1. The molecule has 35 heavy (non-hydrogen) atoms. The van der Waals surface area contributed by atoms with Gasteiger partial charge in [0.25, 0.3) is 0 Å². The van der Waals surface area contributed by atoms with Crippen LogP contribution in [0, 0.1) is 0 Å². The fourth-order valence-electron chi connectivity index (χ4n) is 5.06. The van der Waals surface area contributed by atoms with E-state index in [9.17, 15) is 13.2 Å². The number of nitrogens with one attached hydrogen (secondary N) is 1. The van der Waals surface area contributed by atoms with E-state index in [4.69, 9.17) is 0 Å². The normalized spacial score (nSPS) is 20.5. The van der Waals surface area contributed by atoms with Crippen molar-refractivity contribution < 1.29 is 8.42 Å². The van der Waals surface area contributed by atoms with E-state index in [1.807, 2.05) is 35.1 Å². The van der Waals surface area contributed by atoms with Gasteiger partial charge in [-0.25, -0.2) is 17.8 Å². The molecule has 2 atom stereocenters. The summed E-state index contributed by atoms with van der Waals surface area (Å²) in [6.45, 7) is 0.748. The van der Waals surface area contributed by atoms with Crippen LogP contribution in [0.1, 0.15) is 30.9 Å². The smallest absolute Gasteiger partial charge is 0.250 e. The minimum Gasteiger partial charge on any atom is -0.363 e. The first-order valence-electron chi connectivity index (χ1n) is 11.9. The largest absolute Gasteiger partial charge is 0.363 e. The monoisotopic (exact) mass is 489 g/mol. The van der Waals surface area contributed by atoms with Crippen molar-refractivity contribution in [3.8, 4) is 5.69 Å². The molecule has 0 spiro atoms. The number of fused-ring (bicyclic) bond motifs is 1. The minimum atomic E-state index is -3.30. The molecule has 0 bridgehead atoms. The van der Waals surface area contributed by atoms with Gasteiger partial charge in [0.15, 0.2) is 0 Å². The van der Waals surface area contributed by atoms with Gasteiger partial charge in [-0.1, -0.05) is 30.3 Å². The predicted octanol–water partition coefficient (Wildman–Crippen LogP) is 3.13. The molecule has 3 heterocycles. The van der Waals surface area contributed by atoms with Gasteiger partial charge in [-0.15, -0.1) is 0 Å². The molecule has 2 aromatic carbocycles. The summed E-state index contributed by atoms with van der Waals surface area (Å²) in [6.07, 6.45) is 5.83. The maximum absolute atomic E-state index is 12.8. The lowest BCUT2D eigenvalue weighted by molar-refractivity contribution is 0.524. The topological polar surface area (TPSA) is 89.2 Å². The van der Waals surface area contributed by atoms with Crippen molar-refractivity contribution in [1.82, 2.24) is 19.1 Å². The van der Waals surface area contributed by atoms with Crippen LogP contribution < -0.4 is 15.2 Å². The Bertz CT molecular complexity index is 1560. The van der Waals surface area contributed by atoms with Crippen LogP contribution >= 0.6 is 0 Å². The van der Waals surface area contributed by atoms with Crippen molar-refractivity contribution in [2.24, 2.45) is 7.05 Å². The third kappa shape index (κ3) is 4.04. The van der Waals surface area contributed by atoms with E-state index in [-0.39, 0.29) is 22.9 Å². The zero-order chi connectivity index (χ0) is 24.2. The van der Waals surface area contributed by atoms with Crippen molar-refractivity contribution in [3.63, 3.8) is 0 Å². The number of aromatic nitrogens is 3. The molecule has 180 valence electrons. The van der Waals surface area contributed by atoms with Crippen molar-refractivity contribution in [2.45, 2.75) is 36.6 Å². The summed E-state index contributed by atoms with van der Waals surface area (Å²) >= 11 is 0. The molecular weight excluding hydrogens is 462 g/mol. The van der Waals surface area contributed by atoms with Crippen molar-refractivity contribution >= 4 is 26.6 Å². The van der Waals surface area contributed by atoms with Gasteiger partial charge in [0.1, 0.15) is 0 Å². The average Bonchev–Trinajstić information content (AvgIpc) is 3.53. The van der Waals surface area contributed by atoms with Crippen molar-refractivity contribution in [1.29, 1.82) is 0 Å². The Morgan fingerprint density at radius 2 is 1.74 bits per heavy atom. The second-order valence-corrected chi connectivity index (χ2v) is 11.4. The molecule has 9 heteroatoms. The van der Waals surface area contributed by atoms with Crippen LogP contribution in [0.2, 0.25) is 0 Å². The number of rotatable bonds is 6. The van der Waals surface area contributed by atoms with Crippen LogP contribution in [0.3, 0.4) is 0 Å². The molecule has 1 saturated heterocycles. The Morgan fingerprint density at radius 1 is 0.971 bits per heavy atom.